The van der Waals surface area contributed by atoms with E-state index in [1.807, 2.05) is 64.1 Å². The van der Waals surface area contributed by atoms with Crippen LogP contribution in [-0.2, 0) is 12.4 Å². The summed E-state index contributed by atoms with van der Waals surface area (Å²) in [4.78, 5) is 8.54. The molecule has 0 amide bonds. The van der Waals surface area contributed by atoms with Crippen molar-refractivity contribution in [2.24, 2.45) is 0 Å². The van der Waals surface area contributed by atoms with Crippen molar-refractivity contribution in [2.75, 3.05) is 0 Å². The topological polar surface area (TPSA) is 25.8 Å². The number of aromatic nitrogens is 2. The fourth-order valence-corrected chi connectivity index (χ4v) is 7.37. The lowest BCUT2D eigenvalue weighted by atomic mass is 9.80. The Morgan fingerprint density at radius 2 is 0.685 bits per heavy atom. The Balaban J connectivity index is 1.66. The highest BCUT2D eigenvalue weighted by atomic mass is 19.4. The van der Waals surface area contributed by atoms with Crippen molar-refractivity contribution in [1.29, 1.82) is 0 Å². The number of halogens is 6. The normalized spacial score (nSPS) is 11.9. The highest BCUT2D eigenvalue weighted by molar-refractivity contribution is 5.99. The predicted octanol–water partition coefficient (Wildman–Crippen LogP) is 13.7. The van der Waals surface area contributed by atoms with Gasteiger partial charge in [0, 0.05) is 35.9 Å². The van der Waals surface area contributed by atoms with E-state index in [0.29, 0.717) is 22.3 Å². The third kappa shape index (κ3) is 6.92. The minimum absolute atomic E-state index is 0.0861. The predicted molar refractivity (Wildman–Crippen MR) is 204 cm³/mol. The van der Waals surface area contributed by atoms with Crippen LogP contribution in [0.15, 0.2) is 134 Å². The summed E-state index contributed by atoms with van der Waals surface area (Å²) in [6, 6.07) is 29.0. The standard InChI is InChI=1S/C46H34F6N2/c1-27-19-29(3)37(21-35(27)31-11-9-17-53-25-31)41-23-40(34-14-6-8-16-44(34)46(50,51)52)42(24-39(41)33-13-5-7-15-43(33)45(47,48)49)38-22-36(28(2)20-30(38)4)32-12-10-18-54-26-32/h5-26H,1-4H3. The molecular weight excluding hydrogens is 695 g/mol. The Morgan fingerprint density at radius 1 is 0.352 bits per heavy atom. The smallest absolute Gasteiger partial charge is 0.264 e. The minimum atomic E-state index is -4.72. The summed E-state index contributed by atoms with van der Waals surface area (Å²) in [7, 11) is 0. The molecule has 0 saturated heterocycles. The molecule has 54 heavy (non-hydrogen) atoms. The SMILES string of the molecule is Cc1cc(C)c(-c2cc(-c3ccccc3C(F)(F)F)c(-c3cc(-c4cccnc4)c(C)cc3C)cc2-c2ccccc2C(F)(F)F)cc1-c1cccnc1. The molecule has 7 aromatic rings. The Hall–Kier alpha value is -6.02. The van der Waals surface area contributed by atoms with Crippen LogP contribution >= 0.6 is 0 Å². The summed E-state index contributed by atoms with van der Waals surface area (Å²) in [6.07, 6.45) is -2.73. The van der Waals surface area contributed by atoms with Gasteiger partial charge >= 0.3 is 12.4 Å². The molecule has 270 valence electrons. The molecule has 0 radical (unpaired) electrons. The molecule has 0 saturated carbocycles. The van der Waals surface area contributed by atoms with Crippen LogP contribution in [0.25, 0.3) is 66.8 Å². The van der Waals surface area contributed by atoms with Crippen LogP contribution in [0.3, 0.4) is 0 Å². The third-order valence-electron chi connectivity index (χ3n) is 9.87. The Bertz CT molecular complexity index is 2330. The second-order valence-electron chi connectivity index (χ2n) is 13.5. The second kappa shape index (κ2) is 14.1. The van der Waals surface area contributed by atoms with Gasteiger partial charge in [0.1, 0.15) is 0 Å². The summed E-state index contributed by atoms with van der Waals surface area (Å²) in [5.74, 6) is 0. The van der Waals surface area contributed by atoms with E-state index in [0.717, 1.165) is 56.6 Å². The first-order valence-corrected chi connectivity index (χ1v) is 17.3. The van der Waals surface area contributed by atoms with Gasteiger partial charge in [0.05, 0.1) is 11.1 Å². The maximum absolute atomic E-state index is 14.8. The number of hydrogen-bond acceptors (Lipinski definition) is 2. The zero-order chi connectivity index (χ0) is 38.4. The number of benzene rings is 5. The van der Waals surface area contributed by atoms with Gasteiger partial charge in [-0.25, -0.2) is 0 Å². The van der Waals surface area contributed by atoms with Crippen LogP contribution < -0.4 is 0 Å². The molecule has 2 aromatic heterocycles. The van der Waals surface area contributed by atoms with E-state index in [-0.39, 0.29) is 22.3 Å². The lowest BCUT2D eigenvalue weighted by molar-refractivity contribution is -0.137. The third-order valence-corrected chi connectivity index (χ3v) is 9.87. The first-order chi connectivity index (χ1) is 25.7. The first-order valence-electron chi connectivity index (χ1n) is 17.3. The van der Waals surface area contributed by atoms with Gasteiger partial charge in [0.25, 0.3) is 0 Å². The van der Waals surface area contributed by atoms with Crippen LogP contribution in [0.4, 0.5) is 26.3 Å². The fourth-order valence-electron chi connectivity index (χ4n) is 7.37. The molecule has 0 bridgehead atoms. The molecule has 2 heterocycles. The summed E-state index contributed by atoms with van der Waals surface area (Å²) < 4.78 is 89.1. The van der Waals surface area contributed by atoms with E-state index in [9.17, 15) is 26.3 Å². The van der Waals surface area contributed by atoms with Crippen molar-refractivity contribution in [2.45, 2.75) is 40.0 Å². The van der Waals surface area contributed by atoms with Crippen LogP contribution in [-0.4, -0.2) is 9.97 Å². The quantitative estimate of drug-likeness (QED) is 0.159. The summed E-state index contributed by atoms with van der Waals surface area (Å²) >= 11 is 0. The lowest BCUT2D eigenvalue weighted by Gasteiger charge is -2.24. The van der Waals surface area contributed by atoms with Gasteiger partial charge in [-0.15, -0.1) is 0 Å². The minimum Gasteiger partial charge on any atom is -0.264 e. The number of hydrogen-bond donors (Lipinski definition) is 0. The number of nitrogens with zero attached hydrogens (tertiary/aromatic N) is 2. The van der Waals surface area contributed by atoms with E-state index in [1.165, 1.54) is 24.3 Å². The maximum Gasteiger partial charge on any atom is 0.417 e. The second-order valence-corrected chi connectivity index (χ2v) is 13.5. The van der Waals surface area contributed by atoms with Gasteiger partial charge in [-0.1, -0.05) is 60.7 Å². The van der Waals surface area contributed by atoms with Crippen LogP contribution in [0.1, 0.15) is 33.4 Å². The maximum atomic E-state index is 14.8. The average molecular weight is 729 g/mol. The van der Waals surface area contributed by atoms with Gasteiger partial charge in [0.15, 0.2) is 0 Å². The van der Waals surface area contributed by atoms with Crippen LogP contribution in [0, 0.1) is 27.7 Å². The van der Waals surface area contributed by atoms with Crippen molar-refractivity contribution >= 4 is 0 Å². The molecule has 7 rings (SSSR count). The fraction of sp³-hybridized carbons (Fsp3) is 0.130. The number of alkyl halides is 6. The van der Waals surface area contributed by atoms with Gasteiger partial charge < -0.3 is 0 Å². The Labute approximate surface area is 309 Å². The molecule has 0 aliphatic rings. The van der Waals surface area contributed by atoms with Gasteiger partial charge in [-0.2, -0.15) is 26.3 Å². The summed E-state index contributed by atoms with van der Waals surface area (Å²) in [5.41, 5.74) is 7.01. The number of aryl methyl sites for hydroxylation is 4. The number of pyridine rings is 2. The molecule has 0 aliphatic heterocycles. The molecule has 0 fully saturated rings. The Morgan fingerprint density at radius 3 is 1.04 bits per heavy atom. The van der Waals surface area contributed by atoms with E-state index >= 15 is 0 Å². The van der Waals surface area contributed by atoms with Crippen molar-refractivity contribution in [1.82, 2.24) is 9.97 Å². The lowest BCUT2D eigenvalue weighted by Crippen LogP contribution is -2.09. The van der Waals surface area contributed by atoms with Gasteiger partial charge in [-0.3, -0.25) is 9.97 Å². The molecule has 5 aromatic carbocycles. The van der Waals surface area contributed by atoms with E-state index in [1.54, 1.807) is 61.2 Å². The van der Waals surface area contributed by atoms with E-state index in [4.69, 9.17) is 0 Å². The van der Waals surface area contributed by atoms with Crippen LogP contribution in [0.5, 0.6) is 0 Å². The number of rotatable bonds is 6. The van der Waals surface area contributed by atoms with Crippen molar-refractivity contribution in [3.63, 3.8) is 0 Å². The zero-order valence-corrected chi connectivity index (χ0v) is 29.9. The van der Waals surface area contributed by atoms with E-state index < -0.39 is 23.5 Å². The van der Waals surface area contributed by atoms with Gasteiger partial charge in [-0.05, 0) is 154 Å². The molecule has 0 spiro atoms. The highest BCUT2D eigenvalue weighted by Gasteiger charge is 2.36. The average Bonchev–Trinajstić information content (AvgIpc) is 3.15. The molecule has 0 atom stereocenters. The monoisotopic (exact) mass is 728 g/mol. The van der Waals surface area contributed by atoms with Crippen molar-refractivity contribution in [3.05, 3.63) is 167 Å². The summed E-state index contributed by atoms with van der Waals surface area (Å²) in [6.45, 7) is 7.59. The molecule has 2 nitrogen and oxygen atoms in total. The molecular formula is C46H34F6N2. The Kier molecular flexibility index (Phi) is 9.48. The first kappa shape index (κ1) is 36.3. The molecule has 8 heteroatoms. The van der Waals surface area contributed by atoms with E-state index in [2.05, 4.69) is 9.97 Å². The molecule has 0 N–H and O–H groups in total. The largest absolute Gasteiger partial charge is 0.417 e. The van der Waals surface area contributed by atoms with Crippen molar-refractivity contribution in [3.8, 4) is 66.8 Å². The van der Waals surface area contributed by atoms with Gasteiger partial charge in [0.2, 0.25) is 0 Å². The van der Waals surface area contributed by atoms with Crippen molar-refractivity contribution < 1.29 is 26.3 Å². The summed E-state index contributed by atoms with van der Waals surface area (Å²) in [5, 5.41) is 0. The van der Waals surface area contributed by atoms with Crippen LogP contribution in [0.2, 0.25) is 0 Å². The molecule has 0 unspecified atom stereocenters. The highest BCUT2D eigenvalue weighted by Crippen LogP contribution is 2.50. The molecule has 0 aliphatic carbocycles. The zero-order valence-electron chi connectivity index (χ0n) is 29.9.